The van der Waals surface area contributed by atoms with E-state index in [4.69, 9.17) is 4.74 Å². The average molecular weight is 375 g/mol. The lowest BCUT2D eigenvalue weighted by atomic mass is 9.41. The van der Waals surface area contributed by atoms with E-state index >= 15 is 0 Å². The molecule has 0 radical (unpaired) electrons. The van der Waals surface area contributed by atoms with Gasteiger partial charge in [0.2, 0.25) is 11.6 Å². The predicted molar refractivity (Wildman–Crippen MR) is 105 cm³/mol. The quantitative estimate of drug-likeness (QED) is 0.695. The van der Waals surface area contributed by atoms with Gasteiger partial charge in [0, 0.05) is 11.6 Å². The van der Waals surface area contributed by atoms with Crippen molar-refractivity contribution in [2.45, 2.75) is 73.1 Å². The maximum absolute atomic E-state index is 12.8. The number of rotatable bonds is 3. The summed E-state index contributed by atoms with van der Waals surface area (Å²) in [7, 11) is 1.39. The normalized spacial score (nSPS) is 39.1. The number of carbonyl (C=O) groups is 2. The number of ether oxygens (including phenoxy) is 1. The molecule has 0 aromatic carbocycles. The second-order valence-electron chi connectivity index (χ2n) is 10.1. The molecular weight excluding hydrogens is 340 g/mol. The Balaban J connectivity index is 2.02. The van der Waals surface area contributed by atoms with Gasteiger partial charge in [-0.15, -0.1) is 0 Å². The number of ketones is 2. The van der Waals surface area contributed by atoms with Gasteiger partial charge < -0.3 is 9.84 Å². The van der Waals surface area contributed by atoms with Crippen LogP contribution in [0.4, 0.5) is 0 Å². The van der Waals surface area contributed by atoms with Crippen molar-refractivity contribution in [3.05, 3.63) is 23.2 Å². The molecule has 2 saturated carbocycles. The van der Waals surface area contributed by atoms with Crippen molar-refractivity contribution in [1.82, 2.24) is 0 Å². The molecule has 0 bridgehead atoms. The Hall–Kier alpha value is -1.58. The Bertz CT molecular complexity index is 729. The summed E-state index contributed by atoms with van der Waals surface area (Å²) in [6, 6.07) is 0. The summed E-state index contributed by atoms with van der Waals surface area (Å²) >= 11 is 0. The predicted octanol–water partition coefficient (Wildman–Crippen LogP) is 5.14. The van der Waals surface area contributed by atoms with Gasteiger partial charge in [-0.05, 0) is 60.2 Å². The maximum atomic E-state index is 12.8. The molecule has 0 heterocycles. The standard InChI is InChI=1S/C23H34O4/c1-14-9-11-23(5)18(8-7-10-21(23,2)3)22(14,4)13-15-19(25)16(24)12-17(27-6)20(15)26/h12,14,18,25H,7-11,13H2,1-6H3/t14-,18+,22-,23+/m0/s1. The van der Waals surface area contributed by atoms with E-state index in [2.05, 4.69) is 34.6 Å². The zero-order valence-corrected chi connectivity index (χ0v) is 17.6. The third-order valence-corrected chi connectivity index (χ3v) is 8.69. The van der Waals surface area contributed by atoms with Crippen molar-refractivity contribution in [1.29, 1.82) is 0 Å². The van der Waals surface area contributed by atoms with Crippen LogP contribution in [-0.4, -0.2) is 23.8 Å². The third kappa shape index (κ3) is 2.87. The van der Waals surface area contributed by atoms with Gasteiger partial charge in [0.15, 0.2) is 11.5 Å². The minimum Gasteiger partial charge on any atom is -0.504 e. The van der Waals surface area contributed by atoms with E-state index in [0.29, 0.717) is 18.3 Å². The fourth-order valence-corrected chi connectivity index (χ4v) is 6.24. The Morgan fingerprint density at radius 3 is 2.44 bits per heavy atom. The lowest BCUT2D eigenvalue weighted by Crippen LogP contribution is -2.56. The highest BCUT2D eigenvalue weighted by Gasteiger charge is 2.59. The van der Waals surface area contributed by atoms with Crippen molar-refractivity contribution in [3.63, 3.8) is 0 Å². The first-order valence-electron chi connectivity index (χ1n) is 10.2. The highest BCUT2D eigenvalue weighted by molar-refractivity contribution is 6.20. The highest BCUT2D eigenvalue weighted by Crippen LogP contribution is 2.67. The summed E-state index contributed by atoms with van der Waals surface area (Å²) in [5.41, 5.74) is 0.545. The SMILES string of the molecule is COC1=CC(=O)C(O)=C(C[C@]2(C)[C@H]3CCCC(C)(C)[C@]3(C)CC[C@@H]2C)C1=O. The van der Waals surface area contributed by atoms with Crippen molar-refractivity contribution in [2.75, 3.05) is 7.11 Å². The molecular formula is C23H34O4. The Morgan fingerprint density at radius 2 is 1.81 bits per heavy atom. The van der Waals surface area contributed by atoms with Crippen molar-refractivity contribution in [3.8, 4) is 0 Å². The summed E-state index contributed by atoms with van der Waals surface area (Å²) in [5.74, 6) is -0.351. The molecule has 0 spiro atoms. The molecule has 3 rings (SSSR count). The Morgan fingerprint density at radius 1 is 1.15 bits per heavy atom. The van der Waals surface area contributed by atoms with E-state index in [1.54, 1.807) is 0 Å². The number of allylic oxidation sites excluding steroid dienone is 2. The van der Waals surface area contributed by atoms with Gasteiger partial charge in [-0.25, -0.2) is 0 Å². The molecule has 4 nitrogen and oxygen atoms in total. The number of fused-ring (bicyclic) bond motifs is 1. The van der Waals surface area contributed by atoms with Crippen LogP contribution in [0.2, 0.25) is 0 Å². The zero-order chi connectivity index (χ0) is 20.2. The molecule has 1 N–H and O–H groups in total. The lowest BCUT2D eigenvalue weighted by molar-refractivity contribution is -0.143. The van der Waals surface area contributed by atoms with E-state index in [-0.39, 0.29) is 33.4 Å². The minimum absolute atomic E-state index is 0.0339. The number of methoxy groups -OCH3 is 1. The molecule has 27 heavy (non-hydrogen) atoms. The van der Waals surface area contributed by atoms with Crippen LogP contribution in [0.3, 0.4) is 0 Å². The van der Waals surface area contributed by atoms with Crippen LogP contribution in [0, 0.1) is 28.1 Å². The molecule has 0 aromatic rings. The van der Waals surface area contributed by atoms with E-state index in [1.165, 1.54) is 26.4 Å². The molecule has 3 aliphatic carbocycles. The second kappa shape index (κ2) is 6.49. The summed E-state index contributed by atoms with van der Waals surface area (Å²) in [6.45, 7) is 11.7. The van der Waals surface area contributed by atoms with E-state index in [9.17, 15) is 14.7 Å². The lowest BCUT2D eigenvalue weighted by Gasteiger charge is -2.64. The molecule has 0 aromatic heterocycles. The molecule has 4 heteroatoms. The first-order chi connectivity index (χ1) is 12.5. The third-order valence-electron chi connectivity index (χ3n) is 8.69. The molecule has 0 saturated heterocycles. The van der Waals surface area contributed by atoms with Gasteiger partial charge in [-0.3, -0.25) is 9.59 Å². The van der Waals surface area contributed by atoms with Crippen LogP contribution < -0.4 is 0 Å². The summed E-state index contributed by atoms with van der Waals surface area (Å²) in [6.07, 6.45) is 7.40. The van der Waals surface area contributed by atoms with E-state index in [1.807, 2.05) is 0 Å². The molecule has 0 aliphatic heterocycles. The minimum atomic E-state index is -0.528. The summed E-state index contributed by atoms with van der Waals surface area (Å²) < 4.78 is 5.11. The number of hydrogen-bond donors (Lipinski definition) is 1. The monoisotopic (exact) mass is 374 g/mol. The summed E-state index contributed by atoms with van der Waals surface area (Å²) in [4.78, 5) is 25.0. The zero-order valence-electron chi connectivity index (χ0n) is 17.6. The smallest absolute Gasteiger partial charge is 0.227 e. The van der Waals surface area contributed by atoms with Crippen LogP contribution in [0.1, 0.15) is 73.1 Å². The topological polar surface area (TPSA) is 63.6 Å². The van der Waals surface area contributed by atoms with Gasteiger partial charge >= 0.3 is 0 Å². The van der Waals surface area contributed by atoms with Crippen molar-refractivity contribution in [2.24, 2.45) is 28.1 Å². The van der Waals surface area contributed by atoms with Gasteiger partial charge in [-0.1, -0.05) is 41.0 Å². The van der Waals surface area contributed by atoms with Gasteiger partial charge in [0.1, 0.15) is 0 Å². The van der Waals surface area contributed by atoms with E-state index < -0.39 is 11.5 Å². The Kier molecular flexibility index (Phi) is 4.85. The van der Waals surface area contributed by atoms with Crippen molar-refractivity contribution >= 4 is 11.6 Å². The first-order valence-corrected chi connectivity index (χ1v) is 10.2. The van der Waals surface area contributed by atoms with Gasteiger partial charge in [0.05, 0.1) is 7.11 Å². The number of hydrogen-bond acceptors (Lipinski definition) is 4. The summed E-state index contributed by atoms with van der Waals surface area (Å²) in [5, 5.41) is 10.4. The number of aliphatic hydroxyl groups excluding tert-OH is 1. The van der Waals surface area contributed by atoms with Crippen molar-refractivity contribution < 1.29 is 19.4 Å². The molecule has 150 valence electrons. The number of aliphatic hydroxyl groups is 1. The van der Waals surface area contributed by atoms with Crippen LogP contribution in [0.25, 0.3) is 0 Å². The van der Waals surface area contributed by atoms with Gasteiger partial charge in [0.25, 0.3) is 0 Å². The molecule has 4 atom stereocenters. The number of Topliss-reactive ketones (excluding diaryl/α,β-unsaturated/α-hetero) is 1. The van der Waals surface area contributed by atoms with Crippen LogP contribution in [0.5, 0.6) is 0 Å². The molecule has 0 amide bonds. The fraction of sp³-hybridized carbons (Fsp3) is 0.739. The highest BCUT2D eigenvalue weighted by atomic mass is 16.5. The van der Waals surface area contributed by atoms with E-state index in [0.717, 1.165) is 18.9 Å². The molecule has 0 unspecified atom stereocenters. The molecule has 2 fully saturated rings. The van der Waals surface area contributed by atoms with Crippen LogP contribution in [-0.2, 0) is 14.3 Å². The Labute approximate surface area is 163 Å². The molecule has 3 aliphatic rings. The maximum Gasteiger partial charge on any atom is 0.227 e. The number of carbonyl (C=O) groups excluding carboxylic acids is 2. The first kappa shape index (κ1) is 20.2. The fourth-order valence-electron chi connectivity index (χ4n) is 6.24. The van der Waals surface area contributed by atoms with Gasteiger partial charge in [-0.2, -0.15) is 0 Å². The average Bonchev–Trinajstić information content (AvgIpc) is 2.60. The van der Waals surface area contributed by atoms with Crippen LogP contribution in [0.15, 0.2) is 23.2 Å². The van der Waals surface area contributed by atoms with Crippen LogP contribution >= 0.6 is 0 Å². The largest absolute Gasteiger partial charge is 0.504 e. The second-order valence-corrected chi connectivity index (χ2v) is 10.1.